The Morgan fingerprint density at radius 1 is 1.22 bits per heavy atom. The van der Waals surface area contributed by atoms with E-state index in [-0.39, 0.29) is 11.9 Å². The molecule has 1 aromatic heterocycles. The Bertz CT molecular complexity index is 702. The van der Waals surface area contributed by atoms with Gasteiger partial charge in [-0.05, 0) is 32.5 Å². The van der Waals surface area contributed by atoms with E-state index in [1.807, 2.05) is 30.3 Å². The predicted molar refractivity (Wildman–Crippen MR) is 111 cm³/mol. The molecule has 7 heteroatoms. The molecule has 0 aliphatic rings. The van der Waals surface area contributed by atoms with Gasteiger partial charge in [-0.25, -0.2) is 0 Å². The minimum atomic E-state index is 0.00935. The number of thioether (sulfide) groups is 1. The summed E-state index contributed by atoms with van der Waals surface area (Å²) in [4.78, 5) is 14.4. The molecule has 1 atom stereocenters. The molecule has 1 amide bonds. The monoisotopic (exact) mass is 389 g/mol. The zero-order chi connectivity index (χ0) is 19.6. The van der Waals surface area contributed by atoms with Crippen molar-refractivity contribution in [3.8, 4) is 0 Å². The first-order valence-corrected chi connectivity index (χ1v) is 10.6. The van der Waals surface area contributed by atoms with Crippen molar-refractivity contribution >= 4 is 17.7 Å². The highest BCUT2D eigenvalue weighted by atomic mass is 32.2. The van der Waals surface area contributed by atoms with Crippen molar-refractivity contribution in [3.05, 3.63) is 41.7 Å². The van der Waals surface area contributed by atoms with Crippen LogP contribution in [0.25, 0.3) is 0 Å². The molecule has 0 aliphatic carbocycles. The van der Waals surface area contributed by atoms with Crippen molar-refractivity contribution in [2.24, 2.45) is 0 Å². The normalized spacial score (nSPS) is 12.3. The lowest BCUT2D eigenvalue weighted by Gasteiger charge is -2.23. The second-order valence-corrected chi connectivity index (χ2v) is 7.73. The maximum Gasteiger partial charge on any atom is 0.230 e. The summed E-state index contributed by atoms with van der Waals surface area (Å²) in [7, 11) is 4.13. The van der Waals surface area contributed by atoms with Gasteiger partial charge in [0.15, 0.2) is 11.0 Å². The fourth-order valence-electron chi connectivity index (χ4n) is 2.94. The highest BCUT2D eigenvalue weighted by Crippen LogP contribution is 2.25. The average molecular weight is 390 g/mol. The van der Waals surface area contributed by atoms with Gasteiger partial charge in [0.1, 0.15) is 0 Å². The van der Waals surface area contributed by atoms with Gasteiger partial charge in [-0.2, -0.15) is 0 Å². The molecule has 1 heterocycles. The molecule has 0 saturated carbocycles. The summed E-state index contributed by atoms with van der Waals surface area (Å²) in [5.41, 5.74) is 1.10. The van der Waals surface area contributed by atoms with E-state index < -0.39 is 0 Å². The number of nitrogens with zero attached hydrogens (tertiary/aromatic N) is 4. The number of carbonyl (C=O) groups excluding carboxylic acids is 1. The summed E-state index contributed by atoms with van der Waals surface area (Å²) in [5, 5.41) is 12.6. The van der Waals surface area contributed by atoms with Crippen molar-refractivity contribution in [1.82, 2.24) is 25.0 Å². The number of hydrogen-bond acceptors (Lipinski definition) is 5. The molecule has 27 heavy (non-hydrogen) atoms. The smallest absolute Gasteiger partial charge is 0.230 e. The second kappa shape index (κ2) is 11.1. The molecule has 0 aliphatic heterocycles. The first kappa shape index (κ1) is 21.4. The van der Waals surface area contributed by atoms with Gasteiger partial charge in [0, 0.05) is 13.1 Å². The van der Waals surface area contributed by atoms with E-state index in [2.05, 4.69) is 52.9 Å². The van der Waals surface area contributed by atoms with Gasteiger partial charge >= 0.3 is 0 Å². The lowest BCUT2D eigenvalue weighted by atomic mass is 10.2. The molecule has 1 aromatic carbocycles. The molecule has 0 bridgehead atoms. The standard InChI is InChI=1S/C20H31N5OS/c1-5-7-13-25-19(17(6-2)24(3)4)22-23-20(25)27-15-18(26)21-14-16-11-9-8-10-12-16/h8-12,17H,5-7,13-15H2,1-4H3,(H,21,26)/t17-/m1/s1. The molecular weight excluding hydrogens is 358 g/mol. The van der Waals surface area contributed by atoms with Crippen LogP contribution in [0.5, 0.6) is 0 Å². The van der Waals surface area contributed by atoms with Crippen LogP contribution in [0, 0.1) is 0 Å². The Kier molecular flexibility index (Phi) is 8.81. The molecule has 148 valence electrons. The van der Waals surface area contributed by atoms with Crippen LogP contribution < -0.4 is 5.32 Å². The van der Waals surface area contributed by atoms with Crippen molar-refractivity contribution in [2.45, 2.75) is 57.4 Å². The molecule has 0 unspecified atom stereocenters. The second-order valence-electron chi connectivity index (χ2n) is 6.78. The lowest BCUT2D eigenvalue weighted by Crippen LogP contribution is -2.25. The molecular formula is C20H31N5OS. The number of benzene rings is 1. The third-order valence-corrected chi connectivity index (χ3v) is 5.42. The summed E-state index contributed by atoms with van der Waals surface area (Å²) in [6, 6.07) is 10.2. The largest absolute Gasteiger partial charge is 0.351 e. The van der Waals surface area contributed by atoms with Crippen LogP contribution in [0.4, 0.5) is 0 Å². The maximum atomic E-state index is 12.2. The number of amides is 1. The summed E-state index contributed by atoms with van der Waals surface area (Å²) in [5.74, 6) is 1.34. The zero-order valence-electron chi connectivity index (χ0n) is 16.8. The Labute approximate surface area is 166 Å². The van der Waals surface area contributed by atoms with Crippen molar-refractivity contribution in [1.29, 1.82) is 0 Å². The van der Waals surface area contributed by atoms with E-state index in [4.69, 9.17) is 0 Å². The lowest BCUT2D eigenvalue weighted by molar-refractivity contribution is -0.118. The number of unbranched alkanes of at least 4 members (excludes halogenated alkanes) is 1. The maximum absolute atomic E-state index is 12.2. The van der Waals surface area contributed by atoms with Crippen LogP contribution in [0.15, 0.2) is 35.5 Å². The molecule has 2 rings (SSSR count). The fourth-order valence-corrected chi connectivity index (χ4v) is 3.74. The molecule has 0 saturated heterocycles. The van der Waals surface area contributed by atoms with Crippen molar-refractivity contribution < 1.29 is 4.79 Å². The fraction of sp³-hybridized carbons (Fsp3) is 0.550. The van der Waals surface area contributed by atoms with Crippen LogP contribution in [-0.2, 0) is 17.9 Å². The van der Waals surface area contributed by atoms with Gasteiger partial charge in [-0.1, -0.05) is 62.4 Å². The quantitative estimate of drug-likeness (QED) is 0.596. The molecule has 1 N–H and O–H groups in total. The topological polar surface area (TPSA) is 63.1 Å². The summed E-state index contributed by atoms with van der Waals surface area (Å²) < 4.78 is 2.19. The van der Waals surface area contributed by atoms with Crippen LogP contribution in [0.1, 0.15) is 50.5 Å². The Balaban J connectivity index is 2.00. The summed E-state index contributed by atoms with van der Waals surface area (Å²) in [6.07, 6.45) is 3.15. The third-order valence-electron chi connectivity index (χ3n) is 4.45. The van der Waals surface area contributed by atoms with Gasteiger partial charge in [-0.15, -0.1) is 10.2 Å². The third kappa shape index (κ3) is 6.36. The molecule has 0 fully saturated rings. The van der Waals surface area contributed by atoms with Gasteiger partial charge in [-0.3, -0.25) is 9.69 Å². The SMILES string of the molecule is CCCCn1c(SCC(=O)NCc2ccccc2)nnc1[C@@H](CC)N(C)C. The highest BCUT2D eigenvalue weighted by molar-refractivity contribution is 7.99. The molecule has 6 nitrogen and oxygen atoms in total. The van der Waals surface area contributed by atoms with Crippen LogP contribution >= 0.6 is 11.8 Å². The number of carbonyl (C=O) groups is 1. The number of rotatable bonds is 11. The van der Waals surface area contributed by atoms with Gasteiger partial charge in [0.05, 0.1) is 11.8 Å². The van der Waals surface area contributed by atoms with E-state index in [0.717, 1.165) is 42.4 Å². The zero-order valence-corrected chi connectivity index (χ0v) is 17.6. The van der Waals surface area contributed by atoms with Crippen LogP contribution in [0.3, 0.4) is 0 Å². The predicted octanol–water partition coefficient (Wildman–Crippen LogP) is 3.50. The van der Waals surface area contributed by atoms with Crippen LogP contribution in [0.2, 0.25) is 0 Å². The van der Waals surface area contributed by atoms with Crippen molar-refractivity contribution in [3.63, 3.8) is 0 Å². The van der Waals surface area contributed by atoms with E-state index >= 15 is 0 Å². The minimum absolute atomic E-state index is 0.00935. The number of aromatic nitrogens is 3. The Hall–Kier alpha value is -1.86. The Morgan fingerprint density at radius 3 is 2.59 bits per heavy atom. The molecule has 2 aromatic rings. The van der Waals surface area contributed by atoms with Crippen LogP contribution in [-0.4, -0.2) is 45.4 Å². The van der Waals surface area contributed by atoms with E-state index in [1.54, 1.807) is 0 Å². The molecule has 0 spiro atoms. The minimum Gasteiger partial charge on any atom is -0.351 e. The van der Waals surface area contributed by atoms with Gasteiger partial charge in [0.2, 0.25) is 5.91 Å². The first-order valence-electron chi connectivity index (χ1n) is 9.59. The first-order chi connectivity index (χ1) is 13.1. The van der Waals surface area contributed by atoms with Crippen molar-refractivity contribution in [2.75, 3.05) is 19.8 Å². The summed E-state index contributed by atoms with van der Waals surface area (Å²) >= 11 is 1.46. The van der Waals surface area contributed by atoms with E-state index in [0.29, 0.717) is 12.3 Å². The van der Waals surface area contributed by atoms with Gasteiger partial charge < -0.3 is 9.88 Å². The average Bonchev–Trinajstić information content (AvgIpc) is 3.06. The molecule has 0 radical (unpaired) electrons. The van der Waals surface area contributed by atoms with E-state index in [1.165, 1.54) is 11.8 Å². The summed E-state index contributed by atoms with van der Waals surface area (Å²) in [6.45, 7) is 5.77. The number of hydrogen-bond donors (Lipinski definition) is 1. The van der Waals surface area contributed by atoms with E-state index in [9.17, 15) is 4.79 Å². The Morgan fingerprint density at radius 2 is 1.96 bits per heavy atom. The highest BCUT2D eigenvalue weighted by Gasteiger charge is 2.22. The number of nitrogens with one attached hydrogen (secondary N) is 1. The van der Waals surface area contributed by atoms with Gasteiger partial charge in [0.25, 0.3) is 0 Å².